The lowest BCUT2D eigenvalue weighted by molar-refractivity contribution is -0.137. The summed E-state index contributed by atoms with van der Waals surface area (Å²) in [5, 5.41) is 0. The van der Waals surface area contributed by atoms with E-state index in [4.69, 9.17) is 5.73 Å². The third kappa shape index (κ3) is 2.98. The number of nitrogens with zero attached hydrogens (tertiary/aromatic N) is 3. The fraction of sp³-hybridized carbons (Fsp3) is 0.333. The molecule has 1 aliphatic rings. The Hall–Kier alpha value is -2.31. The fourth-order valence-corrected chi connectivity index (χ4v) is 2.65. The number of hydrogen-bond acceptors (Lipinski definition) is 4. The predicted octanol–water partition coefficient (Wildman–Crippen LogP) is 3.07. The Bertz CT molecular complexity index is 637. The van der Waals surface area contributed by atoms with Gasteiger partial charge in [-0.1, -0.05) is 12.1 Å². The quantitative estimate of drug-likeness (QED) is 0.926. The average molecular weight is 308 g/mol. The number of aromatic nitrogens is 2. The van der Waals surface area contributed by atoms with Crippen molar-refractivity contribution >= 4 is 11.6 Å². The van der Waals surface area contributed by atoms with Gasteiger partial charge >= 0.3 is 6.18 Å². The van der Waals surface area contributed by atoms with Crippen LogP contribution in [0.5, 0.6) is 0 Å². The molecule has 0 aliphatic carbocycles. The topological polar surface area (TPSA) is 55.0 Å². The third-order valence-electron chi connectivity index (χ3n) is 3.84. The molecule has 1 unspecified atom stereocenters. The van der Waals surface area contributed by atoms with Crippen LogP contribution in [-0.4, -0.2) is 23.1 Å². The molecule has 0 saturated carbocycles. The zero-order valence-corrected chi connectivity index (χ0v) is 11.7. The maximum Gasteiger partial charge on any atom is 0.416 e. The van der Waals surface area contributed by atoms with Gasteiger partial charge in [-0.3, -0.25) is 0 Å². The molecule has 0 bridgehead atoms. The second-order valence-corrected chi connectivity index (χ2v) is 5.37. The van der Waals surface area contributed by atoms with E-state index >= 15 is 0 Å². The summed E-state index contributed by atoms with van der Waals surface area (Å²) >= 11 is 0. The molecule has 1 aliphatic heterocycles. The van der Waals surface area contributed by atoms with E-state index in [0.29, 0.717) is 18.2 Å². The van der Waals surface area contributed by atoms with Crippen molar-refractivity contribution in [3.05, 3.63) is 47.8 Å². The van der Waals surface area contributed by atoms with Gasteiger partial charge in [0, 0.05) is 19.0 Å². The van der Waals surface area contributed by atoms with Gasteiger partial charge < -0.3 is 10.6 Å². The molecule has 4 nitrogen and oxygen atoms in total. The van der Waals surface area contributed by atoms with Gasteiger partial charge in [-0.05, 0) is 24.1 Å². The molecule has 22 heavy (non-hydrogen) atoms. The number of benzene rings is 1. The molecule has 3 rings (SSSR count). The van der Waals surface area contributed by atoms with Gasteiger partial charge in [-0.15, -0.1) is 0 Å². The minimum atomic E-state index is -4.29. The number of halogens is 3. The lowest BCUT2D eigenvalue weighted by atomic mass is 9.97. The highest BCUT2D eigenvalue weighted by Crippen LogP contribution is 2.33. The van der Waals surface area contributed by atoms with E-state index < -0.39 is 11.7 Å². The highest BCUT2D eigenvalue weighted by molar-refractivity contribution is 5.40. The summed E-state index contributed by atoms with van der Waals surface area (Å²) in [5.41, 5.74) is 6.35. The Kier molecular flexibility index (Phi) is 3.64. The minimum Gasteiger partial charge on any atom is -0.396 e. The van der Waals surface area contributed by atoms with Crippen LogP contribution in [0.3, 0.4) is 0 Å². The van der Waals surface area contributed by atoms with Crippen molar-refractivity contribution in [3.63, 3.8) is 0 Å². The molecule has 7 heteroatoms. The van der Waals surface area contributed by atoms with Crippen LogP contribution in [-0.2, 0) is 6.18 Å². The molecule has 2 aromatic rings. The smallest absolute Gasteiger partial charge is 0.396 e. The van der Waals surface area contributed by atoms with Crippen LogP contribution in [0, 0.1) is 0 Å². The number of anilines is 2. The molecule has 116 valence electrons. The Morgan fingerprint density at radius 1 is 1.09 bits per heavy atom. The monoisotopic (exact) mass is 308 g/mol. The number of hydrogen-bond donors (Lipinski definition) is 1. The van der Waals surface area contributed by atoms with Crippen LogP contribution in [0.15, 0.2) is 36.7 Å². The van der Waals surface area contributed by atoms with Crippen LogP contribution in [0.25, 0.3) is 0 Å². The van der Waals surface area contributed by atoms with Crippen molar-refractivity contribution in [2.45, 2.75) is 18.5 Å². The summed E-state index contributed by atoms with van der Waals surface area (Å²) in [5.74, 6) is 0.784. The fourth-order valence-electron chi connectivity index (χ4n) is 2.65. The van der Waals surface area contributed by atoms with Crippen LogP contribution >= 0.6 is 0 Å². The number of rotatable bonds is 2. The molecule has 1 aromatic heterocycles. The summed E-state index contributed by atoms with van der Waals surface area (Å²) in [6.07, 6.45) is -0.335. The van der Waals surface area contributed by atoms with Gasteiger partial charge in [0.25, 0.3) is 0 Å². The first-order valence-corrected chi connectivity index (χ1v) is 6.93. The Morgan fingerprint density at radius 3 is 2.32 bits per heavy atom. The SMILES string of the molecule is Nc1cnc(N2CCC(c3ccc(C(F)(F)F)cc3)C2)nc1. The van der Waals surface area contributed by atoms with Gasteiger partial charge in [-0.2, -0.15) is 13.2 Å². The van der Waals surface area contributed by atoms with E-state index in [1.54, 1.807) is 24.5 Å². The van der Waals surface area contributed by atoms with Gasteiger partial charge in [0.1, 0.15) is 0 Å². The van der Waals surface area contributed by atoms with Crippen molar-refractivity contribution in [2.24, 2.45) is 0 Å². The maximum atomic E-state index is 12.6. The Balaban J connectivity index is 1.71. The first-order valence-electron chi connectivity index (χ1n) is 6.93. The maximum absolute atomic E-state index is 12.6. The summed E-state index contributed by atoms with van der Waals surface area (Å²) in [7, 11) is 0. The van der Waals surface area contributed by atoms with E-state index in [0.717, 1.165) is 30.7 Å². The van der Waals surface area contributed by atoms with Crippen LogP contribution < -0.4 is 10.6 Å². The molecule has 2 N–H and O–H groups in total. The second-order valence-electron chi connectivity index (χ2n) is 5.37. The zero-order valence-electron chi connectivity index (χ0n) is 11.7. The largest absolute Gasteiger partial charge is 0.416 e. The normalized spacial score (nSPS) is 18.7. The van der Waals surface area contributed by atoms with Crippen LogP contribution in [0.2, 0.25) is 0 Å². The molecule has 1 saturated heterocycles. The first-order chi connectivity index (χ1) is 10.4. The summed E-state index contributed by atoms with van der Waals surface area (Å²) in [4.78, 5) is 10.4. The molecular formula is C15H15F3N4. The molecule has 1 atom stereocenters. The molecule has 2 heterocycles. The minimum absolute atomic E-state index is 0.184. The lowest BCUT2D eigenvalue weighted by Crippen LogP contribution is -2.21. The summed E-state index contributed by atoms with van der Waals surface area (Å²) < 4.78 is 37.7. The number of nitrogen functional groups attached to an aromatic ring is 1. The van der Waals surface area contributed by atoms with Crippen molar-refractivity contribution in [3.8, 4) is 0 Å². The number of nitrogens with two attached hydrogens (primary N) is 1. The molecule has 1 fully saturated rings. The number of alkyl halides is 3. The van der Waals surface area contributed by atoms with Gasteiger partial charge in [-0.25, -0.2) is 9.97 Å². The predicted molar refractivity (Wildman–Crippen MR) is 77.5 cm³/mol. The van der Waals surface area contributed by atoms with Crippen LogP contribution in [0.4, 0.5) is 24.8 Å². The van der Waals surface area contributed by atoms with E-state index in [9.17, 15) is 13.2 Å². The standard InChI is InChI=1S/C15H15F3N4/c16-15(17,18)12-3-1-10(2-4-12)11-5-6-22(9-11)14-20-7-13(19)8-21-14/h1-4,7-8,11H,5-6,9,19H2. The van der Waals surface area contributed by atoms with Crippen molar-refractivity contribution in [2.75, 3.05) is 23.7 Å². The third-order valence-corrected chi connectivity index (χ3v) is 3.84. The van der Waals surface area contributed by atoms with E-state index in [2.05, 4.69) is 9.97 Å². The average Bonchev–Trinajstić information content (AvgIpc) is 2.97. The molecule has 0 amide bonds. The molecule has 1 aromatic carbocycles. The Morgan fingerprint density at radius 2 is 1.73 bits per heavy atom. The summed E-state index contributed by atoms with van der Waals surface area (Å²) in [6.45, 7) is 1.46. The van der Waals surface area contributed by atoms with E-state index in [1.165, 1.54) is 0 Å². The molecule has 0 spiro atoms. The highest BCUT2D eigenvalue weighted by Gasteiger charge is 2.31. The zero-order chi connectivity index (χ0) is 15.7. The van der Waals surface area contributed by atoms with Gasteiger partial charge in [0.05, 0.1) is 23.6 Å². The first kappa shape index (κ1) is 14.6. The molecule has 0 radical (unpaired) electrons. The van der Waals surface area contributed by atoms with Gasteiger partial charge in [0.15, 0.2) is 0 Å². The van der Waals surface area contributed by atoms with Crippen molar-refractivity contribution in [1.29, 1.82) is 0 Å². The van der Waals surface area contributed by atoms with E-state index in [1.807, 2.05) is 4.90 Å². The molecular weight excluding hydrogens is 293 g/mol. The lowest BCUT2D eigenvalue weighted by Gasteiger charge is -2.16. The van der Waals surface area contributed by atoms with Crippen molar-refractivity contribution in [1.82, 2.24) is 9.97 Å². The van der Waals surface area contributed by atoms with Crippen molar-refractivity contribution < 1.29 is 13.2 Å². The van der Waals surface area contributed by atoms with Gasteiger partial charge in [0.2, 0.25) is 5.95 Å². The van der Waals surface area contributed by atoms with Crippen LogP contribution in [0.1, 0.15) is 23.5 Å². The Labute approximate surface area is 125 Å². The summed E-state index contributed by atoms with van der Waals surface area (Å²) in [6, 6.07) is 5.39. The van der Waals surface area contributed by atoms with E-state index in [-0.39, 0.29) is 5.92 Å². The second kappa shape index (κ2) is 5.47. The highest BCUT2D eigenvalue weighted by atomic mass is 19.4.